The molecule has 2 aliphatic rings. The third kappa shape index (κ3) is 6.63. The maximum Gasteiger partial charge on any atom is 0.351 e. The molecule has 1 aliphatic heterocycles. The molecule has 11 nitrogen and oxygen atoms in total. The van der Waals surface area contributed by atoms with Crippen LogP contribution < -0.4 is 11.0 Å². The van der Waals surface area contributed by atoms with Gasteiger partial charge in [0, 0.05) is 12.2 Å². The highest BCUT2D eigenvalue weighted by atomic mass is 16.7. The zero-order valence-electron chi connectivity index (χ0n) is 24.4. The summed E-state index contributed by atoms with van der Waals surface area (Å²) in [5, 5.41) is 3.18. The second-order valence-corrected chi connectivity index (χ2v) is 11.0. The van der Waals surface area contributed by atoms with Crippen LogP contribution in [0.5, 0.6) is 0 Å². The SMILES string of the molecule is CC1(OC(=O)c2ccccc2)C(OC(=O)c2ccccc2)C(COC(=O)c2ccccc2)OC1n1ccc(NC2CC2)nc1=O. The van der Waals surface area contributed by atoms with Crippen molar-refractivity contribution in [1.29, 1.82) is 0 Å². The van der Waals surface area contributed by atoms with E-state index < -0.39 is 47.6 Å². The molecule has 1 aliphatic carbocycles. The number of hydrogen-bond acceptors (Lipinski definition) is 10. The quantitative estimate of drug-likeness (QED) is 0.203. The number of carbonyl (C=O) groups excluding carboxylic acids is 3. The summed E-state index contributed by atoms with van der Waals surface area (Å²) < 4.78 is 25.2. The van der Waals surface area contributed by atoms with Gasteiger partial charge in [-0.2, -0.15) is 4.98 Å². The number of carbonyl (C=O) groups is 3. The van der Waals surface area contributed by atoms with Crippen molar-refractivity contribution >= 4 is 23.7 Å². The monoisotopic (exact) mass is 609 g/mol. The van der Waals surface area contributed by atoms with E-state index in [0.717, 1.165) is 12.8 Å². The molecule has 1 saturated carbocycles. The molecular formula is C34H31N3O8. The van der Waals surface area contributed by atoms with E-state index in [1.54, 1.807) is 97.1 Å². The molecule has 1 N–H and O–H groups in total. The molecule has 4 atom stereocenters. The second-order valence-electron chi connectivity index (χ2n) is 11.0. The van der Waals surface area contributed by atoms with Crippen molar-refractivity contribution in [2.45, 2.75) is 49.8 Å². The fourth-order valence-corrected chi connectivity index (χ4v) is 5.17. The Kier molecular flexibility index (Phi) is 8.43. The molecule has 1 aromatic heterocycles. The van der Waals surface area contributed by atoms with Gasteiger partial charge in [-0.1, -0.05) is 54.6 Å². The lowest BCUT2D eigenvalue weighted by Crippen LogP contribution is -2.51. The van der Waals surface area contributed by atoms with Crippen molar-refractivity contribution in [1.82, 2.24) is 9.55 Å². The normalized spacial score (nSPS) is 22.3. The molecule has 4 aromatic rings. The highest BCUT2D eigenvalue weighted by molar-refractivity contribution is 5.91. The zero-order valence-corrected chi connectivity index (χ0v) is 24.4. The van der Waals surface area contributed by atoms with E-state index in [4.69, 9.17) is 18.9 Å². The van der Waals surface area contributed by atoms with Gasteiger partial charge in [0.2, 0.25) is 0 Å². The molecule has 45 heavy (non-hydrogen) atoms. The van der Waals surface area contributed by atoms with E-state index in [0.29, 0.717) is 11.4 Å². The van der Waals surface area contributed by atoms with Crippen molar-refractivity contribution in [3.63, 3.8) is 0 Å². The van der Waals surface area contributed by atoms with Crippen LogP contribution >= 0.6 is 0 Å². The van der Waals surface area contributed by atoms with Crippen molar-refractivity contribution in [3.05, 3.63) is 130 Å². The third-order valence-corrected chi connectivity index (χ3v) is 7.66. The van der Waals surface area contributed by atoms with Crippen LogP contribution in [0.3, 0.4) is 0 Å². The number of benzene rings is 3. The van der Waals surface area contributed by atoms with Crippen LogP contribution in [0, 0.1) is 0 Å². The summed E-state index contributed by atoms with van der Waals surface area (Å²) in [6.07, 6.45) is -0.311. The zero-order chi connectivity index (χ0) is 31.4. The van der Waals surface area contributed by atoms with Crippen LogP contribution in [0.4, 0.5) is 5.82 Å². The van der Waals surface area contributed by atoms with Crippen LogP contribution in [-0.2, 0) is 18.9 Å². The first-order valence-corrected chi connectivity index (χ1v) is 14.6. The van der Waals surface area contributed by atoms with Gasteiger partial charge >= 0.3 is 23.6 Å². The molecule has 4 unspecified atom stereocenters. The van der Waals surface area contributed by atoms with Crippen molar-refractivity contribution < 1.29 is 33.3 Å². The van der Waals surface area contributed by atoms with Gasteiger partial charge in [0.1, 0.15) is 18.5 Å². The van der Waals surface area contributed by atoms with Gasteiger partial charge < -0.3 is 24.3 Å². The predicted molar refractivity (Wildman–Crippen MR) is 162 cm³/mol. The molecule has 6 rings (SSSR count). The minimum absolute atomic E-state index is 0.235. The fourth-order valence-electron chi connectivity index (χ4n) is 5.17. The summed E-state index contributed by atoms with van der Waals surface area (Å²) >= 11 is 0. The number of aromatic nitrogens is 2. The number of anilines is 1. The lowest BCUT2D eigenvalue weighted by atomic mass is 9.95. The Balaban J connectivity index is 1.37. The Morgan fingerprint density at radius 1 is 0.844 bits per heavy atom. The molecule has 1 saturated heterocycles. The highest BCUT2D eigenvalue weighted by Crippen LogP contribution is 2.43. The summed E-state index contributed by atoms with van der Waals surface area (Å²) in [5.41, 5.74) is -1.67. The van der Waals surface area contributed by atoms with Crippen LogP contribution in [0.25, 0.3) is 0 Å². The smallest absolute Gasteiger partial charge is 0.351 e. The maximum atomic E-state index is 13.5. The predicted octanol–water partition coefficient (Wildman–Crippen LogP) is 4.41. The Labute approximate surface area is 258 Å². The van der Waals surface area contributed by atoms with E-state index in [-0.39, 0.29) is 23.8 Å². The van der Waals surface area contributed by atoms with Crippen LogP contribution in [0.2, 0.25) is 0 Å². The van der Waals surface area contributed by atoms with E-state index in [1.165, 1.54) is 17.7 Å². The molecule has 0 radical (unpaired) electrons. The van der Waals surface area contributed by atoms with Gasteiger partial charge in [0.05, 0.1) is 16.7 Å². The summed E-state index contributed by atoms with van der Waals surface area (Å²) in [5.74, 6) is -1.68. The Morgan fingerprint density at radius 3 is 1.96 bits per heavy atom. The van der Waals surface area contributed by atoms with Crippen LogP contribution in [0.15, 0.2) is 108 Å². The summed E-state index contributed by atoms with van der Waals surface area (Å²) in [6.45, 7) is 1.14. The lowest BCUT2D eigenvalue weighted by molar-refractivity contribution is -0.111. The number of rotatable bonds is 10. The second kappa shape index (κ2) is 12.7. The van der Waals surface area contributed by atoms with Gasteiger partial charge in [-0.3, -0.25) is 4.57 Å². The Bertz CT molecular complexity index is 1730. The molecule has 3 aromatic carbocycles. The van der Waals surface area contributed by atoms with E-state index in [1.807, 2.05) is 0 Å². The van der Waals surface area contributed by atoms with Gasteiger partial charge in [0.25, 0.3) is 0 Å². The van der Waals surface area contributed by atoms with Crippen molar-refractivity contribution in [3.8, 4) is 0 Å². The molecule has 0 amide bonds. The number of esters is 3. The third-order valence-electron chi connectivity index (χ3n) is 7.66. The first-order valence-electron chi connectivity index (χ1n) is 14.6. The van der Waals surface area contributed by atoms with Crippen LogP contribution in [-0.4, -0.2) is 57.9 Å². The van der Waals surface area contributed by atoms with E-state index in [2.05, 4.69) is 10.3 Å². The molecule has 2 heterocycles. The molecule has 11 heteroatoms. The number of nitrogens with one attached hydrogen (secondary N) is 1. The van der Waals surface area contributed by atoms with E-state index >= 15 is 0 Å². The minimum Gasteiger partial charge on any atom is -0.459 e. The first kappa shape index (κ1) is 29.8. The Hall–Kier alpha value is -5.29. The van der Waals surface area contributed by atoms with E-state index in [9.17, 15) is 19.2 Å². The molecule has 2 fully saturated rings. The summed E-state index contributed by atoms with van der Waals surface area (Å²) in [7, 11) is 0. The fraction of sp³-hybridized carbons (Fsp3) is 0.265. The van der Waals surface area contributed by atoms with Gasteiger partial charge in [-0.25, -0.2) is 19.2 Å². The van der Waals surface area contributed by atoms with Crippen LogP contribution in [0.1, 0.15) is 57.1 Å². The van der Waals surface area contributed by atoms with Gasteiger partial charge in [-0.15, -0.1) is 0 Å². The summed E-state index contributed by atoms with van der Waals surface area (Å²) in [4.78, 5) is 57.3. The number of nitrogens with zero attached hydrogens (tertiary/aromatic N) is 2. The topological polar surface area (TPSA) is 135 Å². The standard InChI is InChI=1S/C34H31N3O8/c1-34(45-31(40)24-15-9-4-10-16-24)28(44-30(39)23-13-7-3-8-14-23)26(21-42-29(38)22-11-5-2-6-12-22)43-32(34)37-20-19-27(36-33(37)41)35-25-17-18-25/h2-16,19-20,25-26,28,32H,17-18,21H2,1H3,(H,35,36,41). The average molecular weight is 610 g/mol. The van der Waals surface area contributed by atoms with Gasteiger partial charge in [-0.05, 0) is 62.2 Å². The minimum atomic E-state index is -1.78. The Morgan fingerprint density at radius 2 is 1.40 bits per heavy atom. The molecule has 0 bridgehead atoms. The number of ether oxygens (including phenoxy) is 4. The van der Waals surface area contributed by atoms with Crippen molar-refractivity contribution in [2.75, 3.05) is 11.9 Å². The van der Waals surface area contributed by atoms with Gasteiger partial charge in [0.15, 0.2) is 17.9 Å². The summed E-state index contributed by atoms with van der Waals surface area (Å²) in [6, 6.07) is 26.8. The molecular weight excluding hydrogens is 578 g/mol. The molecule has 0 spiro atoms. The molecule has 230 valence electrons. The first-order chi connectivity index (χ1) is 21.8. The van der Waals surface area contributed by atoms with Crippen molar-refractivity contribution in [2.24, 2.45) is 0 Å². The number of hydrogen-bond donors (Lipinski definition) is 1. The largest absolute Gasteiger partial charge is 0.459 e. The lowest BCUT2D eigenvalue weighted by Gasteiger charge is -2.34. The highest BCUT2D eigenvalue weighted by Gasteiger charge is 2.60. The maximum absolute atomic E-state index is 13.5. The average Bonchev–Trinajstić information content (AvgIpc) is 3.85.